The smallest absolute Gasteiger partial charge is 0.266 e. The Kier molecular flexibility index (Phi) is 5.46. The van der Waals surface area contributed by atoms with Crippen molar-refractivity contribution in [3.8, 4) is 11.4 Å². The van der Waals surface area contributed by atoms with Gasteiger partial charge in [0.1, 0.15) is 5.75 Å². The number of fused-ring (bicyclic) bond motifs is 1. The van der Waals surface area contributed by atoms with Crippen LogP contribution in [-0.4, -0.2) is 22.4 Å². The second kappa shape index (κ2) is 7.76. The summed E-state index contributed by atoms with van der Waals surface area (Å²) in [5.74, 6) is 1.37. The van der Waals surface area contributed by atoms with E-state index in [-0.39, 0.29) is 5.56 Å². The van der Waals surface area contributed by atoms with Gasteiger partial charge in [-0.1, -0.05) is 41.6 Å². The van der Waals surface area contributed by atoms with Gasteiger partial charge in [0.2, 0.25) is 0 Å². The van der Waals surface area contributed by atoms with Gasteiger partial charge in [0.15, 0.2) is 5.16 Å². The summed E-state index contributed by atoms with van der Waals surface area (Å²) in [5, 5.41) is 1.93. The Bertz CT molecular complexity index is 977. The molecule has 0 amide bonds. The van der Waals surface area contributed by atoms with Crippen LogP contribution in [0.3, 0.4) is 0 Å². The molecule has 3 rings (SSSR count). The third kappa shape index (κ3) is 3.89. The van der Waals surface area contributed by atoms with E-state index < -0.39 is 0 Å². The fourth-order valence-electron chi connectivity index (χ4n) is 2.40. The number of allylic oxidation sites excluding steroid dienone is 1. The lowest BCUT2D eigenvalue weighted by Crippen LogP contribution is -2.21. The molecule has 0 aliphatic rings. The van der Waals surface area contributed by atoms with Crippen LogP contribution in [0.5, 0.6) is 5.75 Å². The van der Waals surface area contributed by atoms with Crippen molar-refractivity contribution < 1.29 is 4.74 Å². The normalized spacial score (nSPS) is 11.7. The molecule has 0 bridgehead atoms. The predicted octanol–water partition coefficient (Wildman–Crippen LogP) is 4.63. The third-order valence-electron chi connectivity index (χ3n) is 3.65. The molecule has 0 spiro atoms. The monoisotopic (exact) mass is 372 g/mol. The highest BCUT2D eigenvalue weighted by Crippen LogP contribution is 2.23. The standard InChI is InChI=1S/C19H17ClN2O2S/c1-13(20)11-12-25-19-21-17-6-4-3-5-16(17)18(23)22(19)14-7-9-15(24-2)10-8-14/h3-11H,12H2,1-2H3/b13-11-. The van der Waals surface area contributed by atoms with Crippen LogP contribution in [0.2, 0.25) is 0 Å². The van der Waals surface area contributed by atoms with Crippen molar-refractivity contribution in [1.29, 1.82) is 0 Å². The number of nitrogens with zero attached hydrogens (tertiary/aromatic N) is 2. The first-order valence-corrected chi connectivity index (χ1v) is 9.08. The Hall–Kier alpha value is -2.24. The van der Waals surface area contributed by atoms with Gasteiger partial charge in [-0.3, -0.25) is 9.36 Å². The Labute approximate surface area is 155 Å². The number of hydrogen-bond acceptors (Lipinski definition) is 4. The van der Waals surface area contributed by atoms with Crippen molar-refractivity contribution >= 4 is 34.3 Å². The van der Waals surface area contributed by atoms with Gasteiger partial charge in [0.05, 0.1) is 23.7 Å². The summed E-state index contributed by atoms with van der Waals surface area (Å²) in [6.45, 7) is 1.83. The minimum atomic E-state index is -0.0927. The minimum absolute atomic E-state index is 0.0927. The molecule has 0 unspecified atom stereocenters. The van der Waals surface area contributed by atoms with Gasteiger partial charge in [-0.25, -0.2) is 4.98 Å². The summed E-state index contributed by atoms with van der Waals surface area (Å²) in [7, 11) is 1.61. The number of ether oxygens (including phenoxy) is 1. The van der Waals surface area contributed by atoms with Crippen LogP contribution >= 0.6 is 23.4 Å². The zero-order valence-corrected chi connectivity index (χ0v) is 15.5. The molecule has 2 aromatic carbocycles. The molecule has 0 aliphatic heterocycles. The SMILES string of the molecule is COc1ccc(-n2c(SC/C=C(/C)Cl)nc3ccccc3c2=O)cc1. The van der Waals surface area contributed by atoms with Crippen LogP contribution in [0.4, 0.5) is 0 Å². The van der Waals surface area contributed by atoms with Crippen molar-refractivity contribution in [2.24, 2.45) is 0 Å². The van der Waals surface area contributed by atoms with Crippen molar-refractivity contribution in [2.45, 2.75) is 12.1 Å². The third-order valence-corrected chi connectivity index (χ3v) is 4.67. The topological polar surface area (TPSA) is 44.1 Å². The maximum Gasteiger partial charge on any atom is 0.266 e. The van der Waals surface area contributed by atoms with Crippen LogP contribution in [0.1, 0.15) is 6.92 Å². The van der Waals surface area contributed by atoms with E-state index in [9.17, 15) is 4.79 Å². The number of halogens is 1. The van der Waals surface area contributed by atoms with E-state index >= 15 is 0 Å². The molecular formula is C19H17ClN2O2S. The minimum Gasteiger partial charge on any atom is -0.497 e. The van der Waals surface area contributed by atoms with E-state index in [2.05, 4.69) is 4.98 Å². The first kappa shape index (κ1) is 17.6. The van der Waals surface area contributed by atoms with Crippen molar-refractivity contribution in [1.82, 2.24) is 9.55 Å². The van der Waals surface area contributed by atoms with Crippen molar-refractivity contribution in [3.63, 3.8) is 0 Å². The molecule has 0 saturated carbocycles. The van der Waals surface area contributed by atoms with Gasteiger partial charge in [-0.05, 0) is 43.3 Å². The van der Waals surface area contributed by atoms with Gasteiger partial charge < -0.3 is 4.74 Å². The Morgan fingerprint density at radius 3 is 2.64 bits per heavy atom. The van der Waals surface area contributed by atoms with E-state index in [1.54, 1.807) is 17.7 Å². The van der Waals surface area contributed by atoms with E-state index in [4.69, 9.17) is 16.3 Å². The largest absolute Gasteiger partial charge is 0.497 e. The van der Waals surface area contributed by atoms with Crippen LogP contribution in [0, 0.1) is 0 Å². The molecular weight excluding hydrogens is 356 g/mol. The Morgan fingerprint density at radius 2 is 1.96 bits per heavy atom. The first-order valence-electron chi connectivity index (χ1n) is 7.71. The lowest BCUT2D eigenvalue weighted by atomic mass is 10.2. The van der Waals surface area contributed by atoms with Crippen LogP contribution in [0.15, 0.2) is 69.6 Å². The summed E-state index contributed by atoms with van der Waals surface area (Å²) in [4.78, 5) is 17.7. The number of hydrogen-bond donors (Lipinski definition) is 0. The van der Waals surface area contributed by atoms with Crippen LogP contribution in [0.25, 0.3) is 16.6 Å². The highest BCUT2D eigenvalue weighted by molar-refractivity contribution is 7.99. The van der Waals surface area contributed by atoms with Gasteiger partial charge in [-0.15, -0.1) is 0 Å². The second-order valence-corrected chi connectivity index (χ2v) is 6.94. The van der Waals surface area contributed by atoms with Gasteiger partial charge >= 0.3 is 0 Å². The average molecular weight is 373 g/mol. The van der Waals surface area contributed by atoms with Crippen molar-refractivity contribution in [3.05, 3.63) is 70.0 Å². The first-order chi connectivity index (χ1) is 12.1. The lowest BCUT2D eigenvalue weighted by Gasteiger charge is -2.13. The number of thioether (sulfide) groups is 1. The zero-order chi connectivity index (χ0) is 17.8. The molecule has 0 aliphatic carbocycles. The number of benzene rings is 2. The molecule has 0 N–H and O–H groups in total. The molecule has 6 heteroatoms. The molecule has 0 radical (unpaired) electrons. The van der Waals surface area contributed by atoms with Crippen LogP contribution < -0.4 is 10.3 Å². The molecule has 0 atom stereocenters. The summed E-state index contributed by atoms with van der Waals surface area (Å²) in [6, 6.07) is 14.7. The summed E-state index contributed by atoms with van der Waals surface area (Å²) in [5.41, 5.74) is 1.34. The summed E-state index contributed by atoms with van der Waals surface area (Å²) < 4.78 is 6.83. The molecule has 25 heavy (non-hydrogen) atoms. The molecule has 128 valence electrons. The van der Waals surface area contributed by atoms with Gasteiger partial charge in [-0.2, -0.15) is 0 Å². The van der Waals surface area contributed by atoms with Gasteiger partial charge in [0, 0.05) is 10.8 Å². The van der Waals surface area contributed by atoms with E-state index in [1.165, 1.54) is 11.8 Å². The number of rotatable bonds is 5. The number of para-hydroxylation sites is 1. The highest BCUT2D eigenvalue weighted by Gasteiger charge is 2.13. The fraction of sp³-hybridized carbons (Fsp3) is 0.158. The predicted molar refractivity (Wildman–Crippen MR) is 104 cm³/mol. The second-order valence-electron chi connectivity index (χ2n) is 5.35. The fourth-order valence-corrected chi connectivity index (χ4v) is 3.53. The highest BCUT2D eigenvalue weighted by atomic mass is 35.5. The van der Waals surface area contributed by atoms with E-state index in [1.807, 2.05) is 55.5 Å². The molecule has 3 aromatic rings. The zero-order valence-electron chi connectivity index (χ0n) is 13.9. The lowest BCUT2D eigenvalue weighted by molar-refractivity contribution is 0.414. The number of aromatic nitrogens is 2. The van der Waals surface area contributed by atoms with Crippen molar-refractivity contribution in [2.75, 3.05) is 12.9 Å². The summed E-state index contributed by atoms with van der Waals surface area (Å²) >= 11 is 7.37. The van der Waals surface area contributed by atoms with E-state index in [0.29, 0.717) is 26.8 Å². The molecule has 1 heterocycles. The average Bonchev–Trinajstić information content (AvgIpc) is 2.62. The molecule has 1 aromatic heterocycles. The van der Waals surface area contributed by atoms with E-state index in [0.717, 1.165) is 11.4 Å². The molecule has 0 fully saturated rings. The Balaban J connectivity index is 2.16. The maximum atomic E-state index is 13.0. The molecule has 0 saturated heterocycles. The maximum absolute atomic E-state index is 13.0. The van der Waals surface area contributed by atoms with Gasteiger partial charge in [0.25, 0.3) is 5.56 Å². The quantitative estimate of drug-likeness (QED) is 0.484. The van der Waals surface area contributed by atoms with Crippen LogP contribution in [-0.2, 0) is 0 Å². The molecule has 4 nitrogen and oxygen atoms in total. The Morgan fingerprint density at radius 1 is 1.24 bits per heavy atom. The number of methoxy groups -OCH3 is 1. The summed E-state index contributed by atoms with van der Waals surface area (Å²) in [6.07, 6.45) is 1.89.